The van der Waals surface area contributed by atoms with E-state index >= 15 is 0 Å². The summed E-state index contributed by atoms with van der Waals surface area (Å²) in [6, 6.07) is 19.8. The predicted molar refractivity (Wildman–Crippen MR) is 126 cm³/mol. The Morgan fingerprint density at radius 3 is 2.24 bits per heavy atom. The Bertz CT molecular complexity index is 1110. The molecule has 0 bridgehead atoms. The van der Waals surface area contributed by atoms with Crippen molar-refractivity contribution in [3.05, 3.63) is 83.9 Å². The monoisotopic (exact) mass is 453 g/mol. The molecule has 0 aromatic heterocycles. The maximum atomic E-state index is 13.3. The highest BCUT2D eigenvalue weighted by molar-refractivity contribution is 6.04. The van der Waals surface area contributed by atoms with Crippen LogP contribution in [0.1, 0.15) is 22.3 Å². The van der Waals surface area contributed by atoms with Crippen LogP contribution in [0.2, 0.25) is 0 Å². The molecule has 1 saturated heterocycles. The van der Waals surface area contributed by atoms with Gasteiger partial charge in [-0.25, -0.2) is 0 Å². The molecule has 1 amide bonds. The lowest BCUT2D eigenvalue weighted by Gasteiger charge is -2.22. The second-order valence-electron chi connectivity index (χ2n) is 8.47. The summed E-state index contributed by atoms with van der Waals surface area (Å²) in [5, 5.41) is 2.85. The third kappa shape index (κ3) is 5.20. The average molecular weight is 454 g/mol. The zero-order valence-corrected chi connectivity index (χ0v) is 18.6. The average Bonchev–Trinajstić information content (AvgIpc) is 3.30. The number of hydrogen-bond donors (Lipinski definition) is 1. The molecule has 1 aliphatic rings. The van der Waals surface area contributed by atoms with Crippen molar-refractivity contribution < 1.29 is 18.0 Å². The molecule has 1 unspecified atom stereocenters. The number of nitrogens with zero attached hydrogens (tertiary/aromatic N) is 2. The predicted octanol–water partition coefficient (Wildman–Crippen LogP) is 5.77. The third-order valence-electron chi connectivity index (χ3n) is 6.07. The fourth-order valence-electron chi connectivity index (χ4n) is 4.14. The van der Waals surface area contributed by atoms with Gasteiger partial charge in [0, 0.05) is 36.1 Å². The van der Waals surface area contributed by atoms with Crippen molar-refractivity contribution in [1.29, 1.82) is 0 Å². The number of carbonyl (C=O) groups excluding carboxylic acids is 1. The lowest BCUT2D eigenvalue weighted by molar-refractivity contribution is -0.137. The number of carbonyl (C=O) groups is 1. The van der Waals surface area contributed by atoms with Gasteiger partial charge in [-0.2, -0.15) is 13.2 Å². The lowest BCUT2D eigenvalue weighted by Crippen LogP contribution is -2.31. The van der Waals surface area contributed by atoms with Gasteiger partial charge < -0.3 is 15.1 Å². The van der Waals surface area contributed by atoms with Gasteiger partial charge in [0.05, 0.1) is 5.56 Å². The Balaban J connectivity index is 1.43. The van der Waals surface area contributed by atoms with Crippen LogP contribution < -0.4 is 10.2 Å². The van der Waals surface area contributed by atoms with E-state index in [1.807, 2.05) is 24.3 Å². The van der Waals surface area contributed by atoms with E-state index in [9.17, 15) is 18.0 Å². The molecule has 172 valence electrons. The van der Waals surface area contributed by atoms with Crippen molar-refractivity contribution in [2.24, 2.45) is 0 Å². The van der Waals surface area contributed by atoms with Crippen LogP contribution in [0.5, 0.6) is 0 Å². The summed E-state index contributed by atoms with van der Waals surface area (Å²) in [6.45, 7) is 1.97. The topological polar surface area (TPSA) is 35.6 Å². The van der Waals surface area contributed by atoms with Crippen LogP contribution in [-0.2, 0) is 6.18 Å². The Kier molecular flexibility index (Phi) is 6.42. The molecule has 7 heteroatoms. The number of rotatable bonds is 5. The second-order valence-corrected chi connectivity index (χ2v) is 8.47. The molecule has 1 aliphatic heterocycles. The summed E-state index contributed by atoms with van der Waals surface area (Å²) >= 11 is 0. The van der Waals surface area contributed by atoms with Gasteiger partial charge >= 0.3 is 6.18 Å². The zero-order valence-electron chi connectivity index (χ0n) is 18.6. The van der Waals surface area contributed by atoms with Crippen molar-refractivity contribution in [2.45, 2.75) is 18.6 Å². The minimum atomic E-state index is -4.44. The van der Waals surface area contributed by atoms with Gasteiger partial charge in [-0.05, 0) is 74.1 Å². The molecule has 0 radical (unpaired) electrons. The van der Waals surface area contributed by atoms with E-state index in [4.69, 9.17) is 0 Å². The largest absolute Gasteiger partial charge is 0.417 e. The van der Waals surface area contributed by atoms with Crippen LogP contribution in [0.15, 0.2) is 72.8 Å². The quantitative estimate of drug-likeness (QED) is 0.533. The van der Waals surface area contributed by atoms with Gasteiger partial charge in [0.15, 0.2) is 0 Å². The number of halogens is 3. The Morgan fingerprint density at radius 2 is 1.64 bits per heavy atom. The van der Waals surface area contributed by atoms with Crippen molar-refractivity contribution in [1.82, 2.24) is 4.90 Å². The highest BCUT2D eigenvalue weighted by atomic mass is 19.4. The molecule has 0 aliphatic carbocycles. The number of likely N-dealkylation sites (N-methyl/N-ethyl adjacent to an activating group) is 1. The van der Waals surface area contributed by atoms with E-state index in [1.165, 1.54) is 36.4 Å². The Morgan fingerprint density at radius 1 is 0.970 bits per heavy atom. The highest BCUT2D eigenvalue weighted by Crippen LogP contribution is 2.37. The number of benzene rings is 3. The number of nitrogens with one attached hydrogen (secondary N) is 1. The molecule has 1 N–H and O–H groups in total. The minimum Gasteiger partial charge on any atom is -0.370 e. The number of anilines is 2. The van der Waals surface area contributed by atoms with Crippen LogP contribution >= 0.6 is 0 Å². The molecular weight excluding hydrogens is 427 g/mol. The standard InChI is InChI=1S/C26H26F3N3O/c1-31(2)22-15-16-32(17-22)21-13-11-20(12-14-21)30-25(33)19-9-7-18(8-10-19)23-5-3-4-6-24(23)26(27,28)29/h3-14,22H,15-17H2,1-2H3,(H,30,33). The summed E-state index contributed by atoms with van der Waals surface area (Å²) in [4.78, 5) is 17.2. The first-order valence-electron chi connectivity index (χ1n) is 10.8. The number of alkyl halides is 3. The second kappa shape index (κ2) is 9.27. The first-order valence-corrected chi connectivity index (χ1v) is 10.8. The molecule has 0 spiro atoms. The number of amides is 1. The first-order chi connectivity index (χ1) is 15.7. The molecule has 4 nitrogen and oxygen atoms in total. The van der Waals surface area contributed by atoms with E-state index in [0.717, 1.165) is 31.3 Å². The minimum absolute atomic E-state index is 0.0889. The van der Waals surface area contributed by atoms with E-state index in [0.29, 0.717) is 22.9 Å². The fraction of sp³-hybridized carbons (Fsp3) is 0.269. The zero-order chi connectivity index (χ0) is 23.6. The molecule has 0 saturated carbocycles. The van der Waals surface area contributed by atoms with E-state index < -0.39 is 11.7 Å². The van der Waals surface area contributed by atoms with Gasteiger partial charge in [0.2, 0.25) is 0 Å². The summed E-state index contributed by atoms with van der Waals surface area (Å²) < 4.78 is 39.9. The van der Waals surface area contributed by atoms with Crippen LogP contribution in [0, 0.1) is 0 Å². The fourth-order valence-corrected chi connectivity index (χ4v) is 4.14. The lowest BCUT2D eigenvalue weighted by atomic mass is 9.98. The number of hydrogen-bond acceptors (Lipinski definition) is 3. The molecule has 1 atom stereocenters. The van der Waals surface area contributed by atoms with Gasteiger partial charge in [0.25, 0.3) is 5.91 Å². The van der Waals surface area contributed by atoms with E-state index in [2.05, 4.69) is 29.2 Å². The normalized spacial score (nSPS) is 16.3. The summed E-state index contributed by atoms with van der Waals surface area (Å²) in [5.74, 6) is -0.313. The van der Waals surface area contributed by atoms with Gasteiger partial charge in [-0.15, -0.1) is 0 Å². The van der Waals surface area contributed by atoms with Crippen LogP contribution in [0.25, 0.3) is 11.1 Å². The van der Waals surface area contributed by atoms with Crippen molar-refractivity contribution in [2.75, 3.05) is 37.4 Å². The summed E-state index contributed by atoms with van der Waals surface area (Å²) in [5.41, 5.74) is 1.96. The van der Waals surface area contributed by atoms with Crippen molar-refractivity contribution >= 4 is 17.3 Å². The summed E-state index contributed by atoms with van der Waals surface area (Å²) in [6.07, 6.45) is -3.32. The SMILES string of the molecule is CN(C)C1CCN(c2ccc(NC(=O)c3ccc(-c4ccccc4C(F)(F)F)cc3)cc2)C1. The van der Waals surface area contributed by atoms with Gasteiger partial charge in [-0.1, -0.05) is 30.3 Å². The molecule has 1 heterocycles. The molecule has 33 heavy (non-hydrogen) atoms. The highest BCUT2D eigenvalue weighted by Gasteiger charge is 2.33. The van der Waals surface area contributed by atoms with Crippen LogP contribution in [-0.4, -0.2) is 44.0 Å². The van der Waals surface area contributed by atoms with Crippen LogP contribution in [0.3, 0.4) is 0 Å². The molecule has 4 rings (SSSR count). The molecule has 3 aromatic rings. The molecule has 1 fully saturated rings. The maximum absolute atomic E-state index is 13.3. The Hall–Kier alpha value is -3.32. The van der Waals surface area contributed by atoms with Crippen molar-refractivity contribution in [3.8, 4) is 11.1 Å². The molecular formula is C26H26F3N3O. The summed E-state index contributed by atoms with van der Waals surface area (Å²) in [7, 11) is 4.18. The van der Waals surface area contributed by atoms with Gasteiger partial charge in [0.1, 0.15) is 0 Å². The van der Waals surface area contributed by atoms with Crippen molar-refractivity contribution in [3.63, 3.8) is 0 Å². The Labute approximate surface area is 191 Å². The smallest absolute Gasteiger partial charge is 0.370 e. The van der Waals surface area contributed by atoms with Gasteiger partial charge in [-0.3, -0.25) is 4.79 Å². The first kappa shape index (κ1) is 22.9. The third-order valence-corrected chi connectivity index (χ3v) is 6.07. The van der Waals surface area contributed by atoms with Crippen LogP contribution in [0.4, 0.5) is 24.5 Å². The maximum Gasteiger partial charge on any atom is 0.417 e. The van der Waals surface area contributed by atoms with E-state index in [-0.39, 0.29) is 11.5 Å². The van der Waals surface area contributed by atoms with E-state index in [1.54, 1.807) is 6.07 Å². The molecule has 3 aromatic carbocycles.